The second kappa shape index (κ2) is 8.44. The Morgan fingerprint density at radius 2 is 1.97 bits per heavy atom. The highest BCUT2D eigenvalue weighted by molar-refractivity contribution is 6.08. The van der Waals surface area contributed by atoms with Crippen molar-refractivity contribution < 1.29 is 18.8 Å². The van der Waals surface area contributed by atoms with Gasteiger partial charge in [-0.2, -0.15) is 4.68 Å². The number of nitro benzene ring substituents is 1. The van der Waals surface area contributed by atoms with Gasteiger partial charge in [0.15, 0.2) is 5.82 Å². The molecule has 2 heterocycles. The molecule has 4 rings (SSSR count). The number of halogens is 1. The van der Waals surface area contributed by atoms with Gasteiger partial charge in [0.1, 0.15) is 11.5 Å². The van der Waals surface area contributed by atoms with Crippen molar-refractivity contribution in [2.75, 3.05) is 36.5 Å². The van der Waals surface area contributed by atoms with Crippen molar-refractivity contribution in [1.82, 2.24) is 20.2 Å². The van der Waals surface area contributed by atoms with E-state index in [1.54, 1.807) is 13.0 Å². The van der Waals surface area contributed by atoms with Gasteiger partial charge < -0.3 is 15.0 Å². The maximum atomic E-state index is 14.3. The summed E-state index contributed by atoms with van der Waals surface area (Å²) in [6.07, 6.45) is 0. The van der Waals surface area contributed by atoms with Gasteiger partial charge in [0.05, 0.1) is 29.4 Å². The molecule has 0 saturated carbocycles. The molecule has 2 aromatic carbocycles. The summed E-state index contributed by atoms with van der Waals surface area (Å²) < 4.78 is 20.8. The van der Waals surface area contributed by atoms with E-state index in [0.717, 1.165) is 0 Å². The summed E-state index contributed by atoms with van der Waals surface area (Å²) in [5.74, 6) is -0.760. The number of carbonyl (C=O) groups excluding carboxylic acids is 1. The Labute approximate surface area is 175 Å². The maximum Gasteiger partial charge on any atom is 0.270 e. The Balaban J connectivity index is 1.67. The number of non-ortho nitro benzene ring substituents is 1. The van der Waals surface area contributed by atoms with Crippen molar-refractivity contribution in [2.45, 2.75) is 6.92 Å². The first-order valence-electron chi connectivity index (χ1n) is 9.41. The summed E-state index contributed by atoms with van der Waals surface area (Å²) in [6, 6.07) is 8.11. The Kier molecular flexibility index (Phi) is 5.54. The molecule has 0 spiro atoms. The molecule has 1 aromatic heterocycles. The van der Waals surface area contributed by atoms with Crippen LogP contribution in [0.1, 0.15) is 16.2 Å². The van der Waals surface area contributed by atoms with Gasteiger partial charge in [0.2, 0.25) is 0 Å². The van der Waals surface area contributed by atoms with E-state index in [0.29, 0.717) is 37.8 Å². The van der Waals surface area contributed by atoms with Crippen molar-refractivity contribution in [3.8, 4) is 5.69 Å². The first kappa shape index (κ1) is 20.3. The molecule has 1 amide bonds. The maximum absolute atomic E-state index is 14.3. The number of aromatic nitrogens is 4. The summed E-state index contributed by atoms with van der Waals surface area (Å²) >= 11 is 0. The molecule has 3 aromatic rings. The Bertz CT molecular complexity index is 1140. The molecule has 31 heavy (non-hydrogen) atoms. The molecule has 0 aliphatic carbocycles. The van der Waals surface area contributed by atoms with E-state index in [9.17, 15) is 19.3 Å². The Morgan fingerprint density at radius 3 is 2.65 bits per heavy atom. The fraction of sp³-hybridized carbons (Fsp3) is 0.263. The standard InChI is InChI=1S/C19H18FN7O4/c1-12-22-23-24-26(12)18-10-13(2-4-16(18)20)21-19(28)15-11-14(27(29)30)3-5-17(15)25-6-8-31-9-7-25/h2-5,10-11H,6-9H2,1H3,(H,21,28). The molecule has 0 bridgehead atoms. The van der Waals surface area contributed by atoms with Gasteiger partial charge in [-0.3, -0.25) is 14.9 Å². The van der Waals surface area contributed by atoms with Crippen LogP contribution in [0.25, 0.3) is 5.69 Å². The summed E-state index contributed by atoms with van der Waals surface area (Å²) in [4.78, 5) is 25.7. The zero-order valence-corrected chi connectivity index (χ0v) is 16.5. The van der Waals surface area contributed by atoms with Gasteiger partial charge in [-0.25, -0.2) is 4.39 Å². The third-order valence-electron chi connectivity index (χ3n) is 4.84. The van der Waals surface area contributed by atoms with Crippen LogP contribution >= 0.6 is 0 Å². The molecule has 11 nitrogen and oxygen atoms in total. The minimum absolute atomic E-state index is 0.0627. The van der Waals surface area contributed by atoms with E-state index in [1.165, 1.54) is 35.0 Å². The molecular weight excluding hydrogens is 409 g/mol. The van der Waals surface area contributed by atoms with Crippen LogP contribution in [0.3, 0.4) is 0 Å². The van der Waals surface area contributed by atoms with E-state index >= 15 is 0 Å². The molecule has 160 valence electrons. The van der Waals surface area contributed by atoms with Crippen LogP contribution in [0, 0.1) is 22.9 Å². The summed E-state index contributed by atoms with van der Waals surface area (Å²) in [7, 11) is 0. The third-order valence-corrected chi connectivity index (χ3v) is 4.84. The fourth-order valence-electron chi connectivity index (χ4n) is 3.30. The lowest BCUT2D eigenvalue weighted by Crippen LogP contribution is -2.37. The number of hydrogen-bond donors (Lipinski definition) is 1. The number of nitro groups is 1. The second-order valence-corrected chi connectivity index (χ2v) is 6.82. The Hall–Kier alpha value is -3.93. The number of benzene rings is 2. The Morgan fingerprint density at radius 1 is 1.19 bits per heavy atom. The lowest BCUT2D eigenvalue weighted by atomic mass is 10.1. The quantitative estimate of drug-likeness (QED) is 0.484. The smallest absolute Gasteiger partial charge is 0.270 e. The third kappa shape index (κ3) is 4.19. The molecule has 0 unspecified atom stereocenters. The number of tetrazole rings is 1. The molecule has 1 aliphatic rings. The monoisotopic (exact) mass is 427 g/mol. The summed E-state index contributed by atoms with van der Waals surface area (Å²) in [6.45, 7) is 3.70. The molecule has 1 saturated heterocycles. The van der Waals surface area contributed by atoms with E-state index in [4.69, 9.17) is 4.74 Å². The van der Waals surface area contributed by atoms with Crippen LogP contribution in [0.15, 0.2) is 36.4 Å². The minimum Gasteiger partial charge on any atom is -0.378 e. The zero-order valence-electron chi connectivity index (χ0n) is 16.5. The predicted molar refractivity (Wildman–Crippen MR) is 108 cm³/mol. The van der Waals surface area contributed by atoms with Gasteiger partial charge in [0, 0.05) is 30.9 Å². The molecule has 1 aliphatic heterocycles. The number of hydrogen-bond acceptors (Lipinski definition) is 8. The number of rotatable bonds is 5. The number of carbonyl (C=O) groups is 1. The number of aryl methyl sites for hydroxylation is 1. The van der Waals surface area contributed by atoms with Crippen LogP contribution in [-0.4, -0.2) is 57.3 Å². The SMILES string of the molecule is Cc1nnnn1-c1cc(NC(=O)c2cc([N+](=O)[O-])ccc2N2CCOCC2)ccc1F. The van der Waals surface area contributed by atoms with Gasteiger partial charge in [0.25, 0.3) is 11.6 Å². The normalized spacial score (nSPS) is 13.8. The number of anilines is 2. The number of nitrogens with zero attached hydrogens (tertiary/aromatic N) is 6. The topological polar surface area (TPSA) is 128 Å². The summed E-state index contributed by atoms with van der Waals surface area (Å²) in [5, 5.41) is 24.9. The highest BCUT2D eigenvalue weighted by atomic mass is 19.1. The number of morpholine rings is 1. The van der Waals surface area contributed by atoms with Crippen molar-refractivity contribution in [1.29, 1.82) is 0 Å². The molecule has 0 radical (unpaired) electrons. The van der Waals surface area contributed by atoms with Crippen LogP contribution in [-0.2, 0) is 4.74 Å². The molecule has 1 fully saturated rings. The lowest BCUT2D eigenvalue weighted by molar-refractivity contribution is -0.384. The average Bonchev–Trinajstić information content (AvgIpc) is 3.20. The minimum atomic E-state index is -0.572. The highest BCUT2D eigenvalue weighted by Crippen LogP contribution is 2.28. The molecular formula is C19H18FN7O4. The van der Waals surface area contributed by atoms with Gasteiger partial charge in [-0.15, -0.1) is 5.10 Å². The predicted octanol–water partition coefficient (Wildman–Crippen LogP) is 2.11. The van der Waals surface area contributed by atoms with Gasteiger partial charge >= 0.3 is 0 Å². The largest absolute Gasteiger partial charge is 0.378 e. The summed E-state index contributed by atoms with van der Waals surface area (Å²) in [5.41, 5.74) is 0.848. The van der Waals surface area contributed by atoms with Crippen LogP contribution in [0.4, 0.5) is 21.5 Å². The first-order chi connectivity index (χ1) is 14.9. The number of ether oxygens (including phenoxy) is 1. The second-order valence-electron chi connectivity index (χ2n) is 6.82. The number of amides is 1. The average molecular weight is 427 g/mol. The molecule has 1 N–H and O–H groups in total. The zero-order chi connectivity index (χ0) is 22.0. The van der Waals surface area contributed by atoms with E-state index in [2.05, 4.69) is 20.8 Å². The van der Waals surface area contributed by atoms with Gasteiger partial charge in [-0.1, -0.05) is 0 Å². The van der Waals surface area contributed by atoms with Crippen molar-refractivity contribution in [2.24, 2.45) is 0 Å². The van der Waals surface area contributed by atoms with E-state index < -0.39 is 16.6 Å². The van der Waals surface area contributed by atoms with Crippen LogP contribution in [0.2, 0.25) is 0 Å². The fourth-order valence-corrected chi connectivity index (χ4v) is 3.30. The van der Waals surface area contributed by atoms with Crippen molar-refractivity contribution in [3.05, 3.63) is 63.7 Å². The number of nitrogens with one attached hydrogen (secondary N) is 1. The first-order valence-corrected chi connectivity index (χ1v) is 9.41. The highest BCUT2D eigenvalue weighted by Gasteiger charge is 2.22. The van der Waals surface area contributed by atoms with E-state index in [-0.39, 0.29) is 22.6 Å². The molecule has 0 atom stereocenters. The van der Waals surface area contributed by atoms with Gasteiger partial charge in [-0.05, 0) is 41.6 Å². The van der Waals surface area contributed by atoms with Crippen molar-refractivity contribution in [3.63, 3.8) is 0 Å². The van der Waals surface area contributed by atoms with E-state index in [1.807, 2.05) is 4.90 Å². The van der Waals surface area contributed by atoms with Crippen LogP contribution < -0.4 is 10.2 Å². The molecule has 12 heteroatoms. The lowest BCUT2D eigenvalue weighted by Gasteiger charge is -2.30. The van der Waals surface area contributed by atoms with Crippen molar-refractivity contribution >= 4 is 23.0 Å². The van der Waals surface area contributed by atoms with Crippen LogP contribution in [0.5, 0.6) is 0 Å².